The molecule has 1 saturated carbocycles. The highest BCUT2D eigenvalue weighted by molar-refractivity contribution is 9.10. The third kappa shape index (κ3) is 1.73. The fourth-order valence-electron chi connectivity index (χ4n) is 2.29. The average molecular weight is 311 g/mol. The van der Waals surface area contributed by atoms with E-state index in [1.54, 1.807) is 12.1 Å². The molecule has 1 aromatic carbocycles. The zero-order chi connectivity index (χ0) is 12.9. The third-order valence-electron chi connectivity index (χ3n) is 3.27. The number of hydrogen-bond acceptors (Lipinski definition) is 1. The Balaban J connectivity index is 2.24. The molecule has 18 heavy (non-hydrogen) atoms. The van der Waals surface area contributed by atoms with Crippen LogP contribution in [0, 0.1) is 5.82 Å². The molecular formula is C13H12BrFN2O. The van der Waals surface area contributed by atoms with Gasteiger partial charge in [-0.05, 0) is 47.0 Å². The molecule has 1 aliphatic rings. The van der Waals surface area contributed by atoms with E-state index in [-0.39, 0.29) is 11.4 Å². The van der Waals surface area contributed by atoms with Gasteiger partial charge in [-0.3, -0.25) is 9.48 Å². The maximum absolute atomic E-state index is 13.3. The summed E-state index contributed by atoms with van der Waals surface area (Å²) >= 11 is 3.36. The first kappa shape index (κ1) is 11.7. The van der Waals surface area contributed by atoms with E-state index < -0.39 is 0 Å². The summed E-state index contributed by atoms with van der Waals surface area (Å²) in [4.78, 5) is 12.2. The molecule has 0 unspecified atom stereocenters. The lowest BCUT2D eigenvalue weighted by Crippen LogP contribution is -2.19. The summed E-state index contributed by atoms with van der Waals surface area (Å²) in [6, 6.07) is 6.07. The van der Waals surface area contributed by atoms with Gasteiger partial charge >= 0.3 is 0 Å². The summed E-state index contributed by atoms with van der Waals surface area (Å²) < 4.78 is 17.2. The molecule has 2 aromatic rings. The molecule has 1 heterocycles. The molecule has 0 radical (unpaired) electrons. The SMILES string of the molecule is Cn1c(C2CC2)c(Br)c(=O)n1-c1cccc(F)c1. The molecule has 0 saturated heterocycles. The molecule has 0 bridgehead atoms. The van der Waals surface area contributed by atoms with Crippen molar-refractivity contribution in [3.63, 3.8) is 0 Å². The second kappa shape index (κ2) is 4.09. The Bertz CT molecular complexity index is 670. The predicted octanol–water partition coefficient (Wildman–Crippen LogP) is 2.96. The number of rotatable bonds is 2. The quantitative estimate of drug-likeness (QED) is 0.838. The van der Waals surface area contributed by atoms with Crippen molar-refractivity contribution >= 4 is 15.9 Å². The van der Waals surface area contributed by atoms with Crippen molar-refractivity contribution in [3.05, 3.63) is 50.6 Å². The lowest BCUT2D eigenvalue weighted by molar-refractivity contribution is 0.600. The largest absolute Gasteiger partial charge is 0.285 e. The van der Waals surface area contributed by atoms with Crippen LogP contribution in [0.25, 0.3) is 5.69 Å². The van der Waals surface area contributed by atoms with E-state index in [9.17, 15) is 9.18 Å². The topological polar surface area (TPSA) is 26.9 Å². The number of aromatic nitrogens is 2. The highest BCUT2D eigenvalue weighted by Crippen LogP contribution is 2.42. The van der Waals surface area contributed by atoms with E-state index in [2.05, 4.69) is 15.9 Å². The van der Waals surface area contributed by atoms with Crippen LogP contribution in [0.4, 0.5) is 4.39 Å². The predicted molar refractivity (Wildman–Crippen MR) is 70.6 cm³/mol. The fraction of sp³-hybridized carbons (Fsp3) is 0.308. The molecule has 0 atom stereocenters. The van der Waals surface area contributed by atoms with E-state index in [0.29, 0.717) is 16.1 Å². The molecule has 1 aliphatic carbocycles. The second-order valence-electron chi connectivity index (χ2n) is 4.59. The molecule has 5 heteroatoms. The average Bonchev–Trinajstić information content (AvgIpc) is 3.10. The van der Waals surface area contributed by atoms with Gasteiger partial charge in [0.05, 0.1) is 11.4 Å². The van der Waals surface area contributed by atoms with Gasteiger partial charge in [-0.1, -0.05) is 6.07 Å². The Kier molecular flexibility index (Phi) is 2.66. The highest BCUT2D eigenvalue weighted by atomic mass is 79.9. The Morgan fingerprint density at radius 2 is 2.11 bits per heavy atom. The van der Waals surface area contributed by atoms with Gasteiger partial charge in [-0.25, -0.2) is 9.07 Å². The molecule has 94 valence electrons. The Morgan fingerprint density at radius 3 is 2.72 bits per heavy atom. The minimum atomic E-state index is -0.343. The van der Waals surface area contributed by atoms with Gasteiger partial charge in [-0.2, -0.15) is 0 Å². The van der Waals surface area contributed by atoms with Crippen molar-refractivity contribution in [2.24, 2.45) is 7.05 Å². The first-order chi connectivity index (χ1) is 8.59. The van der Waals surface area contributed by atoms with E-state index in [0.717, 1.165) is 18.5 Å². The Morgan fingerprint density at radius 1 is 1.39 bits per heavy atom. The van der Waals surface area contributed by atoms with Crippen molar-refractivity contribution in [3.8, 4) is 5.69 Å². The molecule has 0 amide bonds. The summed E-state index contributed by atoms with van der Waals surface area (Å²) in [5.41, 5.74) is 1.42. The second-order valence-corrected chi connectivity index (χ2v) is 5.39. The first-order valence-electron chi connectivity index (χ1n) is 5.83. The monoisotopic (exact) mass is 310 g/mol. The lowest BCUT2D eigenvalue weighted by Gasteiger charge is -2.09. The van der Waals surface area contributed by atoms with Gasteiger partial charge in [0.1, 0.15) is 10.3 Å². The van der Waals surface area contributed by atoms with Crippen molar-refractivity contribution < 1.29 is 4.39 Å². The Hall–Kier alpha value is -1.36. The smallest absolute Gasteiger partial charge is 0.284 e. The summed E-state index contributed by atoms with van der Waals surface area (Å²) in [6.07, 6.45) is 2.22. The Labute approximate surface area is 112 Å². The van der Waals surface area contributed by atoms with Crippen molar-refractivity contribution in [1.82, 2.24) is 9.36 Å². The van der Waals surface area contributed by atoms with E-state index >= 15 is 0 Å². The molecule has 3 nitrogen and oxygen atoms in total. The summed E-state index contributed by atoms with van der Waals surface area (Å²) in [7, 11) is 1.84. The molecule has 0 spiro atoms. The van der Waals surface area contributed by atoms with Crippen LogP contribution >= 0.6 is 15.9 Å². The zero-order valence-corrected chi connectivity index (χ0v) is 11.4. The van der Waals surface area contributed by atoms with E-state index in [1.807, 2.05) is 11.7 Å². The third-order valence-corrected chi connectivity index (χ3v) is 4.02. The number of benzene rings is 1. The van der Waals surface area contributed by atoms with Crippen LogP contribution < -0.4 is 5.56 Å². The van der Waals surface area contributed by atoms with Crippen LogP contribution in [-0.2, 0) is 7.05 Å². The standard InChI is InChI=1S/C13H12BrFN2O/c1-16-12(8-5-6-8)11(14)13(18)17(16)10-4-2-3-9(15)7-10/h2-4,7-8H,5-6H2,1H3. The van der Waals surface area contributed by atoms with Crippen LogP contribution in [0.3, 0.4) is 0 Å². The maximum Gasteiger partial charge on any atom is 0.285 e. The minimum Gasteiger partial charge on any atom is -0.284 e. The molecule has 0 N–H and O–H groups in total. The normalized spacial score (nSPS) is 15.1. The van der Waals surface area contributed by atoms with Crippen LogP contribution in [0.5, 0.6) is 0 Å². The summed E-state index contributed by atoms with van der Waals surface area (Å²) in [5, 5.41) is 0. The van der Waals surface area contributed by atoms with Gasteiger partial charge < -0.3 is 0 Å². The zero-order valence-electron chi connectivity index (χ0n) is 9.86. The fourth-order valence-corrected chi connectivity index (χ4v) is 3.04. The molecule has 0 aliphatic heterocycles. The maximum atomic E-state index is 13.3. The summed E-state index contributed by atoms with van der Waals surface area (Å²) in [5.74, 6) is 0.108. The van der Waals surface area contributed by atoms with Crippen LogP contribution in [0.15, 0.2) is 33.5 Å². The van der Waals surface area contributed by atoms with E-state index in [1.165, 1.54) is 16.8 Å². The van der Waals surface area contributed by atoms with Gasteiger partial charge in [0.15, 0.2) is 0 Å². The highest BCUT2D eigenvalue weighted by Gasteiger charge is 2.31. The van der Waals surface area contributed by atoms with Gasteiger partial charge in [-0.15, -0.1) is 0 Å². The van der Waals surface area contributed by atoms with Crippen molar-refractivity contribution in [1.29, 1.82) is 0 Å². The molecule has 1 aromatic heterocycles. The van der Waals surface area contributed by atoms with Gasteiger partial charge in [0.25, 0.3) is 5.56 Å². The summed E-state index contributed by atoms with van der Waals surface area (Å²) in [6.45, 7) is 0. The number of nitrogens with zero attached hydrogens (tertiary/aromatic N) is 2. The van der Waals surface area contributed by atoms with Crippen LogP contribution in [-0.4, -0.2) is 9.36 Å². The molecule has 3 rings (SSSR count). The number of halogens is 2. The van der Waals surface area contributed by atoms with Crippen LogP contribution in [0.1, 0.15) is 24.5 Å². The van der Waals surface area contributed by atoms with Gasteiger partial charge in [0, 0.05) is 13.0 Å². The first-order valence-corrected chi connectivity index (χ1v) is 6.62. The van der Waals surface area contributed by atoms with Crippen molar-refractivity contribution in [2.45, 2.75) is 18.8 Å². The van der Waals surface area contributed by atoms with E-state index in [4.69, 9.17) is 0 Å². The van der Waals surface area contributed by atoms with Crippen molar-refractivity contribution in [2.75, 3.05) is 0 Å². The lowest BCUT2D eigenvalue weighted by atomic mass is 10.3. The minimum absolute atomic E-state index is 0.134. The molecular weight excluding hydrogens is 299 g/mol. The number of hydrogen-bond donors (Lipinski definition) is 0. The van der Waals surface area contributed by atoms with Crippen LogP contribution in [0.2, 0.25) is 0 Å². The molecule has 1 fully saturated rings. The van der Waals surface area contributed by atoms with Gasteiger partial charge in [0.2, 0.25) is 0 Å².